The molecule has 0 bridgehead atoms. The fourth-order valence-corrected chi connectivity index (χ4v) is 8.18. The standard InChI is InChI=1S/C48H47N3O/c1-29-15-13-16-30(2)42(29)32-21-22-39(49-28-32)35-23-34(24-36(25-35)46(3,4)5)37-26-33(31-17-11-10-12-18-31)27-40-44(37)50-45-43-38(19-14-20-41(43)52)47(6,7)48(8,9)51(40)45/h10-28,52H,1-9H3. The van der Waals surface area contributed by atoms with Gasteiger partial charge in [-0.05, 0) is 114 Å². The Bertz CT molecular complexity index is 2490. The predicted octanol–water partition coefficient (Wildman–Crippen LogP) is 12.4. The molecule has 0 unspecified atom stereocenters. The van der Waals surface area contributed by atoms with Gasteiger partial charge < -0.3 is 9.67 Å². The van der Waals surface area contributed by atoms with Gasteiger partial charge in [0.15, 0.2) is 0 Å². The van der Waals surface area contributed by atoms with Crippen LogP contribution in [0.5, 0.6) is 5.75 Å². The number of phenolic OH excluding ortho intramolecular Hbond substituents is 1. The number of fused-ring (bicyclic) bond motifs is 5. The lowest BCUT2D eigenvalue weighted by molar-refractivity contribution is 0.201. The van der Waals surface area contributed by atoms with E-state index in [1.807, 2.05) is 12.3 Å². The molecule has 8 rings (SSSR count). The quantitative estimate of drug-likeness (QED) is 0.201. The number of aryl methyl sites for hydroxylation is 2. The number of hydrogen-bond acceptors (Lipinski definition) is 3. The largest absolute Gasteiger partial charge is 0.507 e. The zero-order valence-corrected chi connectivity index (χ0v) is 31.8. The van der Waals surface area contributed by atoms with E-state index in [1.54, 1.807) is 6.07 Å². The summed E-state index contributed by atoms with van der Waals surface area (Å²) >= 11 is 0. The van der Waals surface area contributed by atoms with E-state index in [1.165, 1.54) is 22.3 Å². The molecule has 2 aromatic heterocycles. The highest BCUT2D eigenvalue weighted by Crippen LogP contribution is 2.54. The van der Waals surface area contributed by atoms with Gasteiger partial charge in [0, 0.05) is 28.3 Å². The number of phenols is 1. The van der Waals surface area contributed by atoms with Gasteiger partial charge in [-0.3, -0.25) is 4.98 Å². The molecule has 5 aromatic carbocycles. The molecule has 0 spiro atoms. The second-order valence-electron chi connectivity index (χ2n) is 16.7. The van der Waals surface area contributed by atoms with E-state index < -0.39 is 0 Å². The van der Waals surface area contributed by atoms with Crippen molar-refractivity contribution in [1.82, 2.24) is 14.5 Å². The molecule has 3 heterocycles. The third-order valence-corrected chi connectivity index (χ3v) is 11.8. The van der Waals surface area contributed by atoms with Crippen molar-refractivity contribution in [3.63, 3.8) is 0 Å². The lowest BCUT2D eigenvalue weighted by Crippen LogP contribution is -2.48. The van der Waals surface area contributed by atoms with Gasteiger partial charge in [0.25, 0.3) is 0 Å². The van der Waals surface area contributed by atoms with Gasteiger partial charge in [0.05, 0.1) is 27.8 Å². The molecule has 1 N–H and O–H groups in total. The zero-order chi connectivity index (χ0) is 36.7. The summed E-state index contributed by atoms with van der Waals surface area (Å²) in [5.74, 6) is 1.06. The first kappa shape index (κ1) is 33.7. The number of benzene rings is 5. The molecule has 1 aliphatic rings. The lowest BCUT2D eigenvalue weighted by atomic mass is 9.65. The molecule has 0 amide bonds. The maximum absolute atomic E-state index is 11.4. The van der Waals surface area contributed by atoms with Gasteiger partial charge in [-0.15, -0.1) is 0 Å². The van der Waals surface area contributed by atoms with Gasteiger partial charge in [0.2, 0.25) is 0 Å². The van der Waals surface area contributed by atoms with E-state index in [2.05, 4.69) is 164 Å². The third-order valence-electron chi connectivity index (χ3n) is 11.8. The highest BCUT2D eigenvalue weighted by atomic mass is 16.3. The monoisotopic (exact) mass is 681 g/mol. The Hall–Kier alpha value is -5.48. The smallest absolute Gasteiger partial charge is 0.145 e. The average molecular weight is 682 g/mol. The second kappa shape index (κ2) is 11.8. The van der Waals surface area contributed by atoms with E-state index in [9.17, 15) is 5.11 Å². The highest BCUT2D eigenvalue weighted by molar-refractivity contribution is 6.00. The van der Waals surface area contributed by atoms with Gasteiger partial charge >= 0.3 is 0 Å². The summed E-state index contributed by atoms with van der Waals surface area (Å²) in [6, 6.07) is 38.8. The molecule has 0 fully saturated rings. The Morgan fingerprint density at radius 3 is 2.00 bits per heavy atom. The minimum absolute atomic E-state index is 0.108. The molecule has 0 saturated carbocycles. The summed E-state index contributed by atoms with van der Waals surface area (Å²) < 4.78 is 2.38. The van der Waals surface area contributed by atoms with Crippen LogP contribution in [-0.2, 0) is 16.4 Å². The highest BCUT2D eigenvalue weighted by Gasteiger charge is 2.48. The van der Waals surface area contributed by atoms with Crippen molar-refractivity contribution in [3.8, 4) is 61.8 Å². The van der Waals surface area contributed by atoms with Gasteiger partial charge in [-0.25, -0.2) is 4.98 Å². The Kier molecular flexibility index (Phi) is 7.62. The summed E-state index contributed by atoms with van der Waals surface area (Å²) in [7, 11) is 0. The number of hydrogen-bond donors (Lipinski definition) is 1. The molecular formula is C48H47N3O. The first-order chi connectivity index (χ1) is 24.7. The van der Waals surface area contributed by atoms with Crippen LogP contribution in [0.25, 0.3) is 67.1 Å². The van der Waals surface area contributed by atoms with Crippen LogP contribution in [0, 0.1) is 13.8 Å². The molecular weight excluding hydrogens is 635 g/mol. The number of aromatic nitrogens is 3. The second-order valence-corrected chi connectivity index (χ2v) is 16.7. The molecule has 260 valence electrons. The third kappa shape index (κ3) is 5.19. The Morgan fingerprint density at radius 2 is 1.33 bits per heavy atom. The molecule has 4 nitrogen and oxygen atoms in total. The average Bonchev–Trinajstić information content (AvgIpc) is 3.51. The normalized spacial score (nSPS) is 14.6. The Labute approximate surface area is 307 Å². The first-order valence-corrected chi connectivity index (χ1v) is 18.3. The summed E-state index contributed by atoms with van der Waals surface area (Å²) in [5, 5.41) is 11.4. The van der Waals surface area contributed by atoms with E-state index in [0.29, 0.717) is 0 Å². The molecule has 52 heavy (non-hydrogen) atoms. The molecule has 0 radical (unpaired) electrons. The van der Waals surface area contributed by atoms with Crippen LogP contribution in [-0.4, -0.2) is 19.6 Å². The van der Waals surface area contributed by atoms with E-state index in [4.69, 9.17) is 9.97 Å². The minimum atomic E-state index is -0.357. The van der Waals surface area contributed by atoms with Gasteiger partial charge in [0.1, 0.15) is 11.6 Å². The lowest BCUT2D eigenvalue weighted by Gasteiger charge is -2.48. The zero-order valence-electron chi connectivity index (χ0n) is 31.8. The van der Waals surface area contributed by atoms with Crippen molar-refractivity contribution in [2.45, 2.75) is 78.7 Å². The summed E-state index contributed by atoms with van der Waals surface area (Å²) in [5.41, 5.74) is 15.7. The van der Waals surface area contributed by atoms with Crippen molar-refractivity contribution in [2.24, 2.45) is 0 Å². The van der Waals surface area contributed by atoms with E-state index >= 15 is 0 Å². The molecule has 7 aromatic rings. The number of aromatic hydroxyl groups is 1. The summed E-state index contributed by atoms with van der Waals surface area (Å²) in [4.78, 5) is 10.5. The molecule has 0 saturated heterocycles. The number of rotatable bonds is 4. The summed E-state index contributed by atoms with van der Waals surface area (Å²) in [6.07, 6.45) is 2.01. The van der Waals surface area contributed by atoms with Gasteiger partial charge in [-0.2, -0.15) is 0 Å². The van der Waals surface area contributed by atoms with Crippen LogP contribution in [0.1, 0.15) is 70.7 Å². The number of pyridine rings is 1. The van der Waals surface area contributed by atoms with E-state index in [0.717, 1.165) is 67.1 Å². The van der Waals surface area contributed by atoms with Crippen molar-refractivity contribution >= 4 is 11.0 Å². The molecule has 0 atom stereocenters. The van der Waals surface area contributed by atoms with Crippen molar-refractivity contribution < 1.29 is 5.11 Å². The van der Waals surface area contributed by atoms with Crippen molar-refractivity contribution in [3.05, 3.63) is 138 Å². The van der Waals surface area contributed by atoms with Crippen LogP contribution in [0.4, 0.5) is 0 Å². The van der Waals surface area contributed by atoms with Crippen molar-refractivity contribution in [1.29, 1.82) is 0 Å². The van der Waals surface area contributed by atoms with Crippen LogP contribution in [0.15, 0.2) is 115 Å². The SMILES string of the molecule is Cc1cccc(C)c1-c1ccc(-c2cc(-c3cc(-c4ccccc4)cc4c3nc3n4C(C)(C)C(C)(C)c4cccc(O)c4-3)cc(C(C)(C)C)c2)nc1. The topological polar surface area (TPSA) is 50.9 Å². The summed E-state index contributed by atoms with van der Waals surface area (Å²) in [6.45, 7) is 20.3. The number of imidazole rings is 1. The Morgan fingerprint density at radius 1 is 0.635 bits per heavy atom. The Balaban J connectivity index is 1.41. The molecule has 4 heteroatoms. The van der Waals surface area contributed by atoms with Crippen LogP contribution < -0.4 is 0 Å². The maximum Gasteiger partial charge on any atom is 0.145 e. The molecule has 1 aliphatic heterocycles. The minimum Gasteiger partial charge on any atom is -0.507 e. The predicted molar refractivity (Wildman–Crippen MR) is 217 cm³/mol. The fraction of sp³-hybridized carbons (Fsp3) is 0.250. The molecule has 0 aliphatic carbocycles. The van der Waals surface area contributed by atoms with Crippen LogP contribution >= 0.6 is 0 Å². The fourth-order valence-electron chi connectivity index (χ4n) is 8.18. The van der Waals surface area contributed by atoms with Crippen LogP contribution in [0.2, 0.25) is 0 Å². The first-order valence-electron chi connectivity index (χ1n) is 18.3. The van der Waals surface area contributed by atoms with Gasteiger partial charge in [-0.1, -0.05) is 107 Å². The van der Waals surface area contributed by atoms with E-state index in [-0.39, 0.29) is 22.1 Å². The number of nitrogens with zero attached hydrogens (tertiary/aromatic N) is 3. The van der Waals surface area contributed by atoms with Crippen LogP contribution in [0.3, 0.4) is 0 Å². The maximum atomic E-state index is 11.4. The van der Waals surface area contributed by atoms with Crippen molar-refractivity contribution in [2.75, 3.05) is 0 Å².